The minimum Gasteiger partial charge on any atom is -0.394 e. The molecular formula is C38H39BrClN3O5. The van der Waals surface area contributed by atoms with E-state index in [0.29, 0.717) is 30.1 Å². The fraction of sp³-hybridized carbons (Fsp3) is 0.342. The smallest absolute Gasteiger partial charge is 0.253 e. The van der Waals surface area contributed by atoms with Gasteiger partial charge in [-0.2, -0.15) is 0 Å². The minimum absolute atomic E-state index is 0.123. The van der Waals surface area contributed by atoms with Gasteiger partial charge in [-0.1, -0.05) is 112 Å². The summed E-state index contributed by atoms with van der Waals surface area (Å²) in [5.41, 5.74) is 0.980. The summed E-state index contributed by atoms with van der Waals surface area (Å²) in [6, 6.07) is 24.3. The number of amides is 3. The van der Waals surface area contributed by atoms with E-state index in [4.69, 9.17) is 16.3 Å². The lowest BCUT2D eigenvalue weighted by Crippen LogP contribution is -2.59. The zero-order chi connectivity index (χ0) is 34.0. The summed E-state index contributed by atoms with van der Waals surface area (Å²) in [4.78, 5) is 49.0. The number of anilines is 1. The number of aliphatic hydroxyl groups is 1. The molecule has 48 heavy (non-hydrogen) atoms. The Labute approximate surface area is 294 Å². The Morgan fingerprint density at radius 3 is 2.23 bits per heavy atom. The highest BCUT2D eigenvalue weighted by molar-refractivity contribution is 9.09. The lowest BCUT2D eigenvalue weighted by atomic mass is 9.70. The molecule has 10 heteroatoms. The third kappa shape index (κ3) is 6.02. The number of ether oxygens (including phenoxy) is 1. The number of alkyl halides is 1. The normalized spacial score (nSPS) is 26.2. The predicted molar refractivity (Wildman–Crippen MR) is 190 cm³/mol. The largest absolute Gasteiger partial charge is 0.394 e. The van der Waals surface area contributed by atoms with Crippen LogP contribution < -0.4 is 4.90 Å². The van der Waals surface area contributed by atoms with E-state index in [0.717, 1.165) is 11.1 Å². The van der Waals surface area contributed by atoms with Crippen molar-refractivity contribution in [1.29, 1.82) is 0 Å². The number of carbonyl (C=O) groups is 3. The van der Waals surface area contributed by atoms with E-state index in [1.807, 2.05) is 60.7 Å². The number of para-hydroxylation sites is 1. The maximum atomic E-state index is 15.0. The van der Waals surface area contributed by atoms with Crippen LogP contribution in [0.5, 0.6) is 0 Å². The quantitative estimate of drug-likeness (QED) is 0.187. The number of nitrogens with zero attached hydrogens (tertiary/aromatic N) is 3. The summed E-state index contributed by atoms with van der Waals surface area (Å²) in [6.45, 7) is 8.10. The van der Waals surface area contributed by atoms with Crippen LogP contribution in [0.3, 0.4) is 0 Å². The van der Waals surface area contributed by atoms with Gasteiger partial charge in [0, 0.05) is 24.5 Å². The first-order chi connectivity index (χ1) is 23.2. The molecule has 3 aliphatic heterocycles. The molecule has 3 saturated heterocycles. The summed E-state index contributed by atoms with van der Waals surface area (Å²) >= 11 is 10.4. The molecule has 3 amide bonds. The molecule has 3 aromatic carbocycles. The molecular weight excluding hydrogens is 694 g/mol. The molecule has 3 aliphatic rings. The van der Waals surface area contributed by atoms with E-state index >= 15 is 4.79 Å². The molecule has 250 valence electrons. The van der Waals surface area contributed by atoms with Gasteiger partial charge in [-0.15, -0.1) is 13.2 Å². The van der Waals surface area contributed by atoms with E-state index in [9.17, 15) is 14.7 Å². The molecule has 0 radical (unpaired) electrons. The number of likely N-dealkylation sites (tertiary alicyclic amines) is 1. The molecule has 0 saturated carbocycles. The zero-order valence-electron chi connectivity index (χ0n) is 26.5. The van der Waals surface area contributed by atoms with Gasteiger partial charge in [0.1, 0.15) is 11.6 Å². The van der Waals surface area contributed by atoms with Crippen molar-refractivity contribution in [2.45, 2.75) is 48.0 Å². The van der Waals surface area contributed by atoms with E-state index in [1.165, 1.54) is 9.80 Å². The molecule has 6 rings (SSSR count). The van der Waals surface area contributed by atoms with Crippen molar-refractivity contribution in [3.8, 4) is 0 Å². The highest BCUT2D eigenvalue weighted by Crippen LogP contribution is 2.61. The highest BCUT2D eigenvalue weighted by atomic mass is 79.9. The van der Waals surface area contributed by atoms with Crippen molar-refractivity contribution in [2.75, 3.05) is 24.6 Å². The summed E-state index contributed by atoms with van der Waals surface area (Å²) in [5.74, 6) is -2.82. The summed E-state index contributed by atoms with van der Waals surface area (Å²) in [6.07, 6.45) is 3.28. The van der Waals surface area contributed by atoms with Gasteiger partial charge in [0.2, 0.25) is 11.8 Å². The van der Waals surface area contributed by atoms with E-state index in [-0.39, 0.29) is 29.7 Å². The van der Waals surface area contributed by atoms with Gasteiger partial charge in [-0.25, -0.2) is 0 Å². The number of hydrogen-bond acceptors (Lipinski definition) is 5. The maximum Gasteiger partial charge on any atom is 0.253 e. The van der Waals surface area contributed by atoms with Crippen molar-refractivity contribution in [3.05, 3.63) is 126 Å². The Bertz CT molecular complexity index is 1670. The number of rotatable bonds is 13. The van der Waals surface area contributed by atoms with Gasteiger partial charge < -0.3 is 24.5 Å². The summed E-state index contributed by atoms with van der Waals surface area (Å²) in [5, 5.41) is 11.2. The van der Waals surface area contributed by atoms with Crippen LogP contribution in [0.1, 0.15) is 17.5 Å². The van der Waals surface area contributed by atoms with Gasteiger partial charge in [-0.3, -0.25) is 14.4 Å². The fourth-order valence-corrected chi connectivity index (χ4v) is 9.00. The van der Waals surface area contributed by atoms with Crippen LogP contribution in [0, 0.1) is 11.8 Å². The molecule has 8 nitrogen and oxygen atoms in total. The first-order valence-electron chi connectivity index (χ1n) is 16.1. The topological polar surface area (TPSA) is 90.4 Å². The van der Waals surface area contributed by atoms with Gasteiger partial charge in [-0.05, 0) is 36.1 Å². The van der Waals surface area contributed by atoms with Crippen LogP contribution in [0.15, 0.2) is 110 Å². The number of fused-ring (bicyclic) bond motifs is 1. The Balaban J connectivity index is 1.45. The molecule has 7 atom stereocenters. The van der Waals surface area contributed by atoms with E-state index < -0.39 is 48.1 Å². The number of carbonyl (C=O) groups excluding carboxylic acids is 3. The maximum absolute atomic E-state index is 15.0. The number of benzene rings is 3. The average Bonchev–Trinajstić information content (AvgIpc) is 3.70. The van der Waals surface area contributed by atoms with Gasteiger partial charge in [0.25, 0.3) is 5.91 Å². The van der Waals surface area contributed by atoms with Crippen molar-refractivity contribution < 1.29 is 24.2 Å². The van der Waals surface area contributed by atoms with Crippen molar-refractivity contribution in [2.24, 2.45) is 11.8 Å². The SMILES string of the molecule is C=CCN(Cc1ccccc1)C(=O)[C@H]1[C@@H]2OC3(CC2Br)C(C(=O)N(CC=C)c2ccccc2Cl)N([C@@H](CO)Cc2ccccc2)C(=O)[C@H]13. The van der Waals surface area contributed by atoms with Crippen LogP contribution in [0.2, 0.25) is 5.02 Å². The predicted octanol–water partition coefficient (Wildman–Crippen LogP) is 5.43. The molecule has 1 N–H and O–H groups in total. The van der Waals surface area contributed by atoms with E-state index in [1.54, 1.807) is 41.3 Å². The average molecular weight is 733 g/mol. The van der Waals surface area contributed by atoms with Crippen LogP contribution in [-0.4, -0.2) is 80.9 Å². The molecule has 0 aromatic heterocycles. The Kier molecular flexibility index (Phi) is 10.2. The number of hydrogen-bond donors (Lipinski definition) is 1. The molecule has 3 unspecified atom stereocenters. The zero-order valence-corrected chi connectivity index (χ0v) is 28.9. The van der Waals surface area contributed by atoms with Crippen LogP contribution in [-0.2, 0) is 32.1 Å². The van der Waals surface area contributed by atoms with Gasteiger partial charge in [0.15, 0.2) is 0 Å². The first kappa shape index (κ1) is 34.1. The molecule has 0 aliphatic carbocycles. The standard InChI is InChI=1S/C38H39BrClN3O5/c1-3-19-41(23-26-15-9-6-10-16-26)35(45)31-32-36(46)43(27(24-44)21-25-13-7-5-8-14-25)34(38(32)22-28(39)33(31)48-38)37(47)42(20-4-2)30-18-12-11-17-29(30)40/h3-18,27-28,31-34,44H,1-2,19-24H2/t27-,28?,31-,32+,33-,34?,38?/m1/s1. The van der Waals surface area contributed by atoms with Crippen molar-refractivity contribution >= 4 is 50.9 Å². The third-order valence-electron chi connectivity index (χ3n) is 9.76. The number of halogens is 2. The van der Waals surface area contributed by atoms with Crippen LogP contribution in [0.4, 0.5) is 5.69 Å². The molecule has 3 fully saturated rings. The van der Waals surface area contributed by atoms with Gasteiger partial charge >= 0.3 is 0 Å². The second-order valence-electron chi connectivity index (χ2n) is 12.6. The van der Waals surface area contributed by atoms with Crippen molar-refractivity contribution in [1.82, 2.24) is 9.80 Å². The summed E-state index contributed by atoms with van der Waals surface area (Å²) in [7, 11) is 0. The first-order valence-corrected chi connectivity index (χ1v) is 17.4. The minimum atomic E-state index is -1.33. The Morgan fingerprint density at radius 1 is 0.979 bits per heavy atom. The van der Waals surface area contributed by atoms with Gasteiger partial charge in [0.05, 0.1) is 41.3 Å². The monoisotopic (exact) mass is 731 g/mol. The Hall–Kier alpha value is -3.76. The second-order valence-corrected chi connectivity index (χ2v) is 14.2. The van der Waals surface area contributed by atoms with Crippen LogP contribution >= 0.6 is 27.5 Å². The molecule has 3 heterocycles. The second kappa shape index (κ2) is 14.4. The molecule has 1 spiro atoms. The lowest BCUT2D eigenvalue weighted by molar-refractivity contribution is -0.147. The lowest BCUT2D eigenvalue weighted by Gasteiger charge is -2.39. The van der Waals surface area contributed by atoms with E-state index in [2.05, 4.69) is 29.1 Å². The van der Waals surface area contributed by atoms with Crippen molar-refractivity contribution in [3.63, 3.8) is 0 Å². The highest BCUT2D eigenvalue weighted by Gasteiger charge is 2.77. The fourth-order valence-electron chi connectivity index (χ4n) is 7.82. The Morgan fingerprint density at radius 2 is 1.60 bits per heavy atom. The summed E-state index contributed by atoms with van der Waals surface area (Å²) < 4.78 is 6.81. The molecule has 3 aromatic rings. The van der Waals surface area contributed by atoms with Crippen LogP contribution in [0.25, 0.3) is 0 Å². The number of aliphatic hydroxyl groups excluding tert-OH is 1. The molecule has 2 bridgehead atoms. The third-order valence-corrected chi connectivity index (χ3v) is 10.9.